The summed E-state index contributed by atoms with van der Waals surface area (Å²) >= 11 is 1.50. The van der Waals surface area contributed by atoms with E-state index in [2.05, 4.69) is 15.3 Å². The SMILES string of the molecule is COC(=O)COc1cccc(/C=N/NC(=O)CSCc2ccc(OC)cc2)c1. The highest BCUT2D eigenvalue weighted by atomic mass is 32.2. The molecule has 2 rings (SSSR count). The monoisotopic (exact) mass is 402 g/mol. The van der Waals surface area contributed by atoms with Gasteiger partial charge < -0.3 is 14.2 Å². The number of nitrogens with one attached hydrogen (secondary N) is 1. The largest absolute Gasteiger partial charge is 0.497 e. The van der Waals surface area contributed by atoms with Crippen LogP contribution in [0.4, 0.5) is 0 Å². The van der Waals surface area contributed by atoms with Gasteiger partial charge in [-0.2, -0.15) is 5.10 Å². The maximum absolute atomic E-state index is 11.9. The molecule has 0 heterocycles. The summed E-state index contributed by atoms with van der Waals surface area (Å²) in [5, 5.41) is 3.94. The molecule has 0 aliphatic heterocycles. The lowest BCUT2D eigenvalue weighted by molar-refractivity contribution is -0.142. The number of rotatable bonds is 10. The second-order valence-electron chi connectivity index (χ2n) is 5.57. The van der Waals surface area contributed by atoms with Gasteiger partial charge in [-0.05, 0) is 35.4 Å². The van der Waals surface area contributed by atoms with Crippen LogP contribution in [0.15, 0.2) is 53.6 Å². The van der Waals surface area contributed by atoms with E-state index in [0.29, 0.717) is 11.5 Å². The van der Waals surface area contributed by atoms with E-state index >= 15 is 0 Å². The molecule has 1 amide bonds. The first-order chi connectivity index (χ1) is 13.6. The van der Waals surface area contributed by atoms with Gasteiger partial charge in [-0.1, -0.05) is 24.3 Å². The molecule has 7 nitrogen and oxygen atoms in total. The number of ether oxygens (including phenoxy) is 3. The van der Waals surface area contributed by atoms with Gasteiger partial charge in [-0.25, -0.2) is 10.2 Å². The Morgan fingerprint density at radius 1 is 1.11 bits per heavy atom. The molecule has 0 fully saturated rings. The number of benzene rings is 2. The Labute approximate surface area is 168 Å². The normalized spacial score (nSPS) is 10.5. The van der Waals surface area contributed by atoms with Crippen molar-refractivity contribution >= 4 is 29.9 Å². The molecule has 148 valence electrons. The molecule has 0 aliphatic rings. The van der Waals surface area contributed by atoms with Gasteiger partial charge in [0.05, 0.1) is 26.2 Å². The maximum Gasteiger partial charge on any atom is 0.343 e. The fraction of sp³-hybridized carbons (Fsp3) is 0.250. The summed E-state index contributed by atoms with van der Waals surface area (Å²) in [7, 11) is 2.92. The summed E-state index contributed by atoms with van der Waals surface area (Å²) in [6.07, 6.45) is 1.51. The van der Waals surface area contributed by atoms with E-state index in [4.69, 9.17) is 9.47 Å². The number of esters is 1. The van der Waals surface area contributed by atoms with Crippen molar-refractivity contribution in [2.75, 3.05) is 26.6 Å². The molecule has 0 aliphatic carbocycles. The minimum Gasteiger partial charge on any atom is -0.497 e. The number of hydrogen-bond donors (Lipinski definition) is 1. The van der Waals surface area contributed by atoms with Gasteiger partial charge in [0.1, 0.15) is 11.5 Å². The van der Waals surface area contributed by atoms with E-state index in [1.54, 1.807) is 31.4 Å². The average molecular weight is 402 g/mol. The Morgan fingerprint density at radius 2 is 1.89 bits per heavy atom. The van der Waals surface area contributed by atoms with E-state index in [0.717, 1.165) is 22.6 Å². The molecule has 0 unspecified atom stereocenters. The Balaban J connectivity index is 1.72. The lowest BCUT2D eigenvalue weighted by atomic mass is 10.2. The Hall–Kier alpha value is -3.00. The molecular formula is C20H22N2O5S. The van der Waals surface area contributed by atoms with Crippen molar-refractivity contribution in [3.8, 4) is 11.5 Å². The number of methoxy groups -OCH3 is 2. The number of amides is 1. The topological polar surface area (TPSA) is 86.2 Å². The molecule has 0 aromatic heterocycles. The fourth-order valence-corrected chi connectivity index (χ4v) is 2.86. The number of thioether (sulfide) groups is 1. The molecule has 0 radical (unpaired) electrons. The van der Waals surface area contributed by atoms with Crippen LogP contribution in [0.25, 0.3) is 0 Å². The summed E-state index contributed by atoms with van der Waals surface area (Å²) in [4.78, 5) is 23.0. The smallest absolute Gasteiger partial charge is 0.343 e. The van der Waals surface area contributed by atoms with Crippen molar-refractivity contribution in [2.45, 2.75) is 5.75 Å². The van der Waals surface area contributed by atoms with E-state index in [9.17, 15) is 9.59 Å². The van der Waals surface area contributed by atoms with Gasteiger partial charge in [-0.3, -0.25) is 4.79 Å². The van der Waals surface area contributed by atoms with Crippen LogP contribution in [-0.2, 0) is 20.1 Å². The van der Waals surface area contributed by atoms with E-state index in [-0.39, 0.29) is 12.5 Å². The van der Waals surface area contributed by atoms with Gasteiger partial charge in [0, 0.05) is 5.75 Å². The Morgan fingerprint density at radius 3 is 2.61 bits per heavy atom. The highest BCUT2D eigenvalue weighted by Crippen LogP contribution is 2.16. The van der Waals surface area contributed by atoms with Crippen LogP contribution < -0.4 is 14.9 Å². The molecule has 0 spiro atoms. The summed E-state index contributed by atoms with van der Waals surface area (Å²) in [5.74, 6) is 1.69. The summed E-state index contributed by atoms with van der Waals surface area (Å²) in [6, 6.07) is 14.7. The molecule has 8 heteroatoms. The van der Waals surface area contributed by atoms with Crippen LogP contribution >= 0.6 is 11.8 Å². The molecule has 0 saturated carbocycles. The van der Waals surface area contributed by atoms with Gasteiger partial charge in [0.15, 0.2) is 6.61 Å². The Kier molecular flexibility index (Phi) is 8.87. The van der Waals surface area contributed by atoms with Gasteiger partial charge in [0.2, 0.25) is 5.91 Å². The molecule has 1 N–H and O–H groups in total. The fourth-order valence-electron chi connectivity index (χ4n) is 2.08. The minimum absolute atomic E-state index is 0.167. The summed E-state index contributed by atoms with van der Waals surface area (Å²) in [6.45, 7) is -0.167. The first kappa shape index (κ1) is 21.3. The first-order valence-corrected chi connectivity index (χ1v) is 9.58. The Bertz CT molecular complexity index is 808. The van der Waals surface area contributed by atoms with Crippen LogP contribution in [-0.4, -0.2) is 44.7 Å². The second kappa shape index (κ2) is 11.7. The summed E-state index contributed by atoms with van der Waals surface area (Å²) < 4.78 is 14.9. The zero-order valence-electron chi connectivity index (χ0n) is 15.7. The molecule has 2 aromatic carbocycles. The van der Waals surface area contributed by atoms with Gasteiger partial charge in [-0.15, -0.1) is 11.8 Å². The van der Waals surface area contributed by atoms with Crippen LogP contribution in [0.5, 0.6) is 11.5 Å². The first-order valence-electron chi connectivity index (χ1n) is 8.43. The molecule has 2 aromatic rings. The molecule has 0 saturated heterocycles. The van der Waals surface area contributed by atoms with Crippen molar-refractivity contribution in [2.24, 2.45) is 5.10 Å². The van der Waals surface area contributed by atoms with Crippen molar-refractivity contribution in [1.29, 1.82) is 0 Å². The van der Waals surface area contributed by atoms with Crippen LogP contribution in [0, 0.1) is 0 Å². The number of nitrogens with zero attached hydrogens (tertiary/aromatic N) is 1. The molecule has 0 atom stereocenters. The second-order valence-corrected chi connectivity index (χ2v) is 6.56. The zero-order chi connectivity index (χ0) is 20.2. The van der Waals surface area contributed by atoms with Crippen molar-refractivity contribution in [1.82, 2.24) is 5.43 Å². The van der Waals surface area contributed by atoms with E-state index < -0.39 is 5.97 Å². The van der Waals surface area contributed by atoms with E-state index in [1.165, 1.54) is 25.1 Å². The number of carbonyl (C=O) groups is 2. The maximum atomic E-state index is 11.9. The third-order valence-corrected chi connectivity index (χ3v) is 4.51. The number of carbonyl (C=O) groups excluding carboxylic acids is 2. The van der Waals surface area contributed by atoms with Crippen molar-refractivity contribution in [3.05, 3.63) is 59.7 Å². The molecule has 0 bridgehead atoms. The average Bonchev–Trinajstić information content (AvgIpc) is 2.73. The van der Waals surface area contributed by atoms with E-state index in [1.807, 2.05) is 24.3 Å². The van der Waals surface area contributed by atoms with Gasteiger partial charge in [0.25, 0.3) is 0 Å². The predicted molar refractivity (Wildman–Crippen MR) is 109 cm³/mol. The van der Waals surface area contributed by atoms with Gasteiger partial charge >= 0.3 is 5.97 Å². The highest BCUT2D eigenvalue weighted by Gasteiger charge is 2.03. The number of hydrazone groups is 1. The third kappa shape index (κ3) is 7.71. The van der Waals surface area contributed by atoms with Crippen molar-refractivity contribution < 1.29 is 23.8 Å². The lowest BCUT2D eigenvalue weighted by Gasteiger charge is -2.05. The van der Waals surface area contributed by atoms with Crippen LogP contribution in [0.2, 0.25) is 0 Å². The minimum atomic E-state index is -0.460. The molecule has 28 heavy (non-hydrogen) atoms. The quantitative estimate of drug-likeness (QED) is 0.374. The summed E-state index contributed by atoms with van der Waals surface area (Å²) in [5.41, 5.74) is 4.34. The molecular weight excluding hydrogens is 380 g/mol. The zero-order valence-corrected chi connectivity index (χ0v) is 16.5. The van der Waals surface area contributed by atoms with Crippen molar-refractivity contribution in [3.63, 3.8) is 0 Å². The third-order valence-electron chi connectivity index (χ3n) is 3.51. The number of hydrogen-bond acceptors (Lipinski definition) is 7. The predicted octanol–water partition coefficient (Wildman–Crippen LogP) is 2.63. The lowest BCUT2D eigenvalue weighted by Crippen LogP contribution is -2.19. The van der Waals surface area contributed by atoms with Crippen LogP contribution in [0.3, 0.4) is 0 Å². The highest BCUT2D eigenvalue weighted by molar-refractivity contribution is 7.99. The standard InChI is InChI=1S/C20H22N2O5S/c1-25-17-8-6-15(7-9-17)13-28-14-19(23)22-21-11-16-4-3-5-18(10-16)27-12-20(24)26-2/h3-11H,12-14H2,1-2H3,(H,22,23)/b21-11+. The van der Waals surface area contributed by atoms with Crippen LogP contribution in [0.1, 0.15) is 11.1 Å².